The molecule has 9 heteroatoms. The first-order valence-corrected chi connectivity index (χ1v) is 9.55. The third kappa shape index (κ3) is 6.12. The number of piperazine rings is 1. The molecule has 1 aliphatic rings. The molecular formula is C19H31N3O6. The predicted octanol–water partition coefficient (Wildman–Crippen LogP) is -0.133. The van der Waals surface area contributed by atoms with Gasteiger partial charge in [0.15, 0.2) is 0 Å². The van der Waals surface area contributed by atoms with E-state index in [0.717, 1.165) is 0 Å². The second kappa shape index (κ2) is 10.9. The molecule has 158 valence electrons. The first-order valence-electron chi connectivity index (χ1n) is 9.55. The Morgan fingerprint density at radius 2 is 1.71 bits per heavy atom. The average molecular weight is 397 g/mol. The van der Waals surface area contributed by atoms with Gasteiger partial charge in [0, 0.05) is 19.5 Å². The van der Waals surface area contributed by atoms with Gasteiger partial charge in [0.25, 0.3) is 0 Å². The number of esters is 1. The summed E-state index contributed by atoms with van der Waals surface area (Å²) in [7, 11) is 1.21. The quantitative estimate of drug-likeness (QED) is 0.473. The summed E-state index contributed by atoms with van der Waals surface area (Å²) >= 11 is 0. The van der Waals surface area contributed by atoms with Crippen LogP contribution in [0, 0.1) is 0 Å². The number of ketones is 2. The van der Waals surface area contributed by atoms with Gasteiger partial charge in [-0.15, -0.1) is 0 Å². The second-order valence-electron chi connectivity index (χ2n) is 6.93. The molecule has 0 N–H and O–H groups in total. The highest BCUT2D eigenvalue weighted by Crippen LogP contribution is 2.20. The van der Waals surface area contributed by atoms with Gasteiger partial charge in [-0.25, -0.2) is 0 Å². The molecule has 2 atom stereocenters. The van der Waals surface area contributed by atoms with E-state index in [0.29, 0.717) is 13.1 Å². The van der Waals surface area contributed by atoms with Gasteiger partial charge in [0.2, 0.25) is 11.8 Å². The van der Waals surface area contributed by atoms with Crippen molar-refractivity contribution < 1.29 is 28.7 Å². The summed E-state index contributed by atoms with van der Waals surface area (Å²) in [4.78, 5) is 65.8. The second-order valence-corrected chi connectivity index (χ2v) is 6.93. The SMILES string of the molecule is CCN(CC)C(CC(C)=O)C(=O)N1CCN(CC(C)=O)C(=O)C1CC(=O)OC. The first kappa shape index (κ1) is 23.7. The molecule has 0 saturated carbocycles. The average Bonchev–Trinajstić information content (AvgIpc) is 2.63. The van der Waals surface area contributed by atoms with E-state index in [1.807, 2.05) is 18.7 Å². The fourth-order valence-corrected chi connectivity index (χ4v) is 3.47. The third-order valence-electron chi connectivity index (χ3n) is 4.89. The number of ether oxygens (including phenoxy) is 1. The van der Waals surface area contributed by atoms with Gasteiger partial charge in [-0.2, -0.15) is 0 Å². The highest BCUT2D eigenvalue weighted by atomic mass is 16.5. The van der Waals surface area contributed by atoms with E-state index >= 15 is 0 Å². The molecule has 0 aromatic heterocycles. The fourth-order valence-electron chi connectivity index (χ4n) is 3.47. The lowest BCUT2D eigenvalue weighted by molar-refractivity contribution is -0.159. The van der Waals surface area contributed by atoms with Crippen LogP contribution in [0.2, 0.25) is 0 Å². The van der Waals surface area contributed by atoms with Crippen molar-refractivity contribution in [1.29, 1.82) is 0 Å². The Bertz CT molecular complexity index is 617. The van der Waals surface area contributed by atoms with Crippen LogP contribution in [0.3, 0.4) is 0 Å². The van der Waals surface area contributed by atoms with Crippen molar-refractivity contribution in [3.8, 4) is 0 Å². The minimum absolute atomic E-state index is 0.0350. The van der Waals surface area contributed by atoms with Crippen LogP contribution in [0.25, 0.3) is 0 Å². The lowest BCUT2D eigenvalue weighted by Crippen LogP contribution is -2.63. The number of hydrogen-bond donors (Lipinski definition) is 0. The molecule has 1 heterocycles. The molecule has 0 spiro atoms. The van der Waals surface area contributed by atoms with Crippen molar-refractivity contribution in [2.45, 2.75) is 52.6 Å². The van der Waals surface area contributed by atoms with Crippen molar-refractivity contribution in [3.63, 3.8) is 0 Å². The number of likely N-dealkylation sites (N-methyl/N-ethyl adjacent to an activating group) is 1. The molecule has 1 rings (SSSR count). The van der Waals surface area contributed by atoms with E-state index in [-0.39, 0.29) is 49.9 Å². The maximum absolute atomic E-state index is 13.3. The summed E-state index contributed by atoms with van der Waals surface area (Å²) in [5, 5.41) is 0. The van der Waals surface area contributed by atoms with Crippen molar-refractivity contribution in [3.05, 3.63) is 0 Å². The Hall–Kier alpha value is -2.29. The summed E-state index contributed by atoms with van der Waals surface area (Å²) in [6, 6.07) is -1.74. The van der Waals surface area contributed by atoms with Crippen LogP contribution in [0.15, 0.2) is 0 Å². The molecule has 0 radical (unpaired) electrons. The molecular weight excluding hydrogens is 366 g/mol. The van der Waals surface area contributed by atoms with Crippen molar-refractivity contribution in [2.24, 2.45) is 0 Å². The molecule has 1 aliphatic heterocycles. The van der Waals surface area contributed by atoms with Gasteiger partial charge in [0.1, 0.15) is 17.6 Å². The summed E-state index contributed by atoms with van der Waals surface area (Å²) in [5.41, 5.74) is 0. The zero-order chi connectivity index (χ0) is 21.4. The highest BCUT2D eigenvalue weighted by Gasteiger charge is 2.42. The van der Waals surface area contributed by atoms with Crippen molar-refractivity contribution >= 4 is 29.4 Å². The fraction of sp³-hybridized carbons (Fsp3) is 0.737. The normalized spacial score (nSPS) is 18.2. The summed E-state index contributed by atoms with van der Waals surface area (Å²) < 4.78 is 4.68. The maximum atomic E-state index is 13.3. The van der Waals surface area contributed by atoms with Gasteiger partial charge in [-0.1, -0.05) is 13.8 Å². The predicted molar refractivity (Wildman–Crippen MR) is 101 cm³/mol. The number of Topliss-reactive ketones (excluding diaryl/α,β-unsaturated/α-hetero) is 2. The van der Waals surface area contributed by atoms with Crippen LogP contribution >= 0.6 is 0 Å². The number of carbonyl (C=O) groups excluding carboxylic acids is 5. The number of carbonyl (C=O) groups is 5. The van der Waals surface area contributed by atoms with E-state index in [4.69, 9.17) is 0 Å². The van der Waals surface area contributed by atoms with Gasteiger partial charge < -0.3 is 14.5 Å². The van der Waals surface area contributed by atoms with Gasteiger partial charge in [0.05, 0.1) is 26.1 Å². The van der Waals surface area contributed by atoms with Crippen LogP contribution < -0.4 is 0 Å². The number of rotatable bonds is 10. The summed E-state index contributed by atoms with van der Waals surface area (Å²) in [5.74, 6) is -1.74. The van der Waals surface area contributed by atoms with Gasteiger partial charge in [-0.3, -0.25) is 28.9 Å². The van der Waals surface area contributed by atoms with Crippen molar-refractivity contribution in [1.82, 2.24) is 14.7 Å². The Labute approximate surface area is 166 Å². The molecule has 0 aliphatic carbocycles. The zero-order valence-corrected chi connectivity index (χ0v) is 17.4. The number of nitrogens with zero attached hydrogens (tertiary/aromatic N) is 3. The Morgan fingerprint density at radius 1 is 1.11 bits per heavy atom. The minimum atomic E-state index is -1.04. The molecule has 28 heavy (non-hydrogen) atoms. The topological polar surface area (TPSA) is 104 Å². The van der Waals surface area contributed by atoms with Crippen molar-refractivity contribution in [2.75, 3.05) is 39.8 Å². The third-order valence-corrected chi connectivity index (χ3v) is 4.89. The molecule has 0 bridgehead atoms. The molecule has 2 unspecified atom stereocenters. The summed E-state index contributed by atoms with van der Waals surface area (Å²) in [6.45, 7) is 8.06. The molecule has 0 aromatic rings. The van der Waals surface area contributed by atoms with E-state index in [1.165, 1.54) is 30.8 Å². The minimum Gasteiger partial charge on any atom is -0.469 e. The molecule has 1 fully saturated rings. The monoisotopic (exact) mass is 397 g/mol. The Kier molecular flexibility index (Phi) is 9.24. The van der Waals surface area contributed by atoms with Crippen LogP contribution in [0.5, 0.6) is 0 Å². The Morgan fingerprint density at radius 3 is 2.18 bits per heavy atom. The van der Waals surface area contributed by atoms with Gasteiger partial charge in [-0.05, 0) is 26.9 Å². The van der Waals surface area contributed by atoms with E-state index in [1.54, 1.807) is 0 Å². The number of hydrogen-bond acceptors (Lipinski definition) is 7. The molecule has 1 saturated heterocycles. The van der Waals surface area contributed by atoms with Crippen LogP contribution in [-0.2, 0) is 28.7 Å². The van der Waals surface area contributed by atoms with Crippen LogP contribution in [0.4, 0.5) is 0 Å². The van der Waals surface area contributed by atoms with E-state index in [9.17, 15) is 24.0 Å². The smallest absolute Gasteiger partial charge is 0.308 e. The molecule has 0 aromatic carbocycles. The van der Waals surface area contributed by atoms with E-state index < -0.39 is 24.0 Å². The summed E-state index contributed by atoms with van der Waals surface area (Å²) in [6.07, 6.45) is -0.256. The maximum Gasteiger partial charge on any atom is 0.308 e. The van der Waals surface area contributed by atoms with Crippen LogP contribution in [0.1, 0.15) is 40.5 Å². The number of amides is 2. The highest BCUT2D eigenvalue weighted by molar-refractivity contribution is 5.96. The van der Waals surface area contributed by atoms with E-state index in [2.05, 4.69) is 4.74 Å². The lowest BCUT2D eigenvalue weighted by atomic mass is 10.0. The Balaban J connectivity index is 3.18. The first-order chi connectivity index (χ1) is 13.2. The lowest BCUT2D eigenvalue weighted by Gasteiger charge is -2.42. The largest absolute Gasteiger partial charge is 0.469 e. The molecule has 2 amide bonds. The number of methoxy groups -OCH3 is 1. The zero-order valence-electron chi connectivity index (χ0n) is 17.4. The molecule has 9 nitrogen and oxygen atoms in total. The van der Waals surface area contributed by atoms with Gasteiger partial charge >= 0.3 is 5.97 Å². The van der Waals surface area contributed by atoms with Crippen LogP contribution in [-0.4, -0.2) is 96.0 Å². The standard InChI is InChI=1S/C19H31N3O6/c1-6-20(7-2)15(10-13(3)23)19(27)22-9-8-21(12-14(4)24)18(26)16(22)11-17(25)28-5/h15-16H,6-12H2,1-5H3.